The second-order valence-corrected chi connectivity index (χ2v) is 7.83. The molecule has 0 radical (unpaired) electrons. The van der Waals surface area contributed by atoms with Crippen molar-refractivity contribution in [3.63, 3.8) is 0 Å². The van der Waals surface area contributed by atoms with E-state index in [-0.39, 0.29) is 28.2 Å². The predicted octanol–water partition coefficient (Wildman–Crippen LogP) is 4.95. The molecule has 0 unspecified atom stereocenters. The second-order valence-electron chi connectivity index (χ2n) is 7.83. The average molecular weight is 409 g/mol. The number of nitro benzene ring substituents is 1. The Morgan fingerprint density at radius 3 is 2.30 bits per heavy atom. The van der Waals surface area contributed by atoms with Crippen LogP contribution in [-0.2, 0) is 16.7 Å². The number of nitrogens with one attached hydrogen (secondary N) is 1. The minimum Gasteiger partial charge on any atom is -0.465 e. The zero-order chi connectivity index (χ0) is 21.9. The van der Waals surface area contributed by atoms with Gasteiger partial charge in [-0.3, -0.25) is 10.1 Å². The highest BCUT2D eigenvalue weighted by molar-refractivity contribution is 6.00. The van der Waals surface area contributed by atoms with Gasteiger partial charge >= 0.3 is 5.97 Å². The van der Waals surface area contributed by atoms with Gasteiger partial charge < -0.3 is 14.6 Å². The Hall–Kier alpha value is -3.68. The molecule has 0 fully saturated rings. The maximum Gasteiger partial charge on any atom is 0.345 e. The maximum atomic E-state index is 12.4. The quantitative estimate of drug-likeness (QED) is 0.349. The van der Waals surface area contributed by atoms with E-state index in [1.54, 1.807) is 0 Å². The van der Waals surface area contributed by atoms with Gasteiger partial charge in [0.05, 0.1) is 12.0 Å². The van der Waals surface area contributed by atoms with E-state index in [9.17, 15) is 14.9 Å². The molecule has 30 heavy (non-hydrogen) atoms. The van der Waals surface area contributed by atoms with Crippen molar-refractivity contribution >= 4 is 17.5 Å². The summed E-state index contributed by atoms with van der Waals surface area (Å²) in [6.07, 6.45) is 0. The Balaban J connectivity index is 1.85. The molecule has 0 spiro atoms. The van der Waals surface area contributed by atoms with Crippen LogP contribution in [0.3, 0.4) is 0 Å². The number of esters is 1. The lowest BCUT2D eigenvalue weighted by Crippen LogP contribution is -2.11. The average Bonchev–Trinajstić information content (AvgIpc) is 3.15. The van der Waals surface area contributed by atoms with Crippen molar-refractivity contribution in [2.45, 2.75) is 32.7 Å². The molecule has 1 aromatic heterocycles. The van der Waals surface area contributed by atoms with Crippen LogP contribution in [0.4, 0.5) is 11.5 Å². The van der Waals surface area contributed by atoms with Crippen molar-refractivity contribution in [2.75, 3.05) is 12.4 Å². The summed E-state index contributed by atoms with van der Waals surface area (Å²) in [7, 11) is 1.27. The molecular formula is C22H23N3O5. The molecule has 0 aliphatic carbocycles. The third-order valence-electron chi connectivity index (χ3n) is 4.70. The van der Waals surface area contributed by atoms with Crippen molar-refractivity contribution < 1.29 is 19.0 Å². The number of methoxy groups -OCH3 is 1. The zero-order valence-electron chi connectivity index (χ0n) is 17.3. The number of carbonyl (C=O) groups is 1. The normalized spacial score (nSPS) is 11.2. The van der Waals surface area contributed by atoms with Crippen molar-refractivity contribution in [3.8, 4) is 11.3 Å². The Morgan fingerprint density at radius 1 is 1.13 bits per heavy atom. The smallest absolute Gasteiger partial charge is 0.345 e. The van der Waals surface area contributed by atoms with Crippen LogP contribution in [0.1, 0.15) is 42.3 Å². The summed E-state index contributed by atoms with van der Waals surface area (Å²) in [5.41, 5.74) is 2.86. The van der Waals surface area contributed by atoms with E-state index in [2.05, 4.69) is 43.4 Å². The van der Waals surface area contributed by atoms with Gasteiger partial charge in [0.2, 0.25) is 0 Å². The second kappa shape index (κ2) is 8.36. The molecule has 0 atom stereocenters. The Kier molecular flexibility index (Phi) is 5.86. The molecule has 8 heteroatoms. The topological polar surface area (TPSA) is 108 Å². The van der Waals surface area contributed by atoms with Gasteiger partial charge in [-0.05, 0) is 28.7 Å². The van der Waals surface area contributed by atoms with Gasteiger partial charge in [-0.15, -0.1) is 0 Å². The molecule has 0 bridgehead atoms. The monoisotopic (exact) mass is 409 g/mol. The van der Waals surface area contributed by atoms with Crippen molar-refractivity contribution in [2.24, 2.45) is 0 Å². The lowest BCUT2D eigenvalue weighted by molar-refractivity contribution is -0.384. The predicted molar refractivity (Wildman–Crippen MR) is 112 cm³/mol. The summed E-state index contributed by atoms with van der Waals surface area (Å²) in [5, 5.41) is 17.9. The number of ether oxygens (including phenoxy) is 1. The lowest BCUT2D eigenvalue weighted by Gasteiger charge is -2.19. The number of benzene rings is 2. The summed E-state index contributed by atoms with van der Waals surface area (Å²) in [6, 6.07) is 13.9. The van der Waals surface area contributed by atoms with Crippen LogP contribution in [0.15, 0.2) is 53.1 Å². The van der Waals surface area contributed by atoms with Crippen molar-refractivity contribution in [1.82, 2.24) is 5.16 Å². The van der Waals surface area contributed by atoms with Gasteiger partial charge in [-0.25, -0.2) is 4.79 Å². The number of hydrogen-bond acceptors (Lipinski definition) is 7. The van der Waals surface area contributed by atoms with Crippen molar-refractivity contribution in [1.29, 1.82) is 0 Å². The Morgan fingerprint density at radius 2 is 1.77 bits per heavy atom. The fourth-order valence-electron chi connectivity index (χ4n) is 2.94. The molecule has 2 aromatic carbocycles. The molecule has 0 saturated heterocycles. The minimum absolute atomic E-state index is 0.0602. The Bertz CT molecular complexity index is 1050. The third kappa shape index (κ3) is 4.48. The van der Waals surface area contributed by atoms with Crippen molar-refractivity contribution in [3.05, 3.63) is 75.3 Å². The van der Waals surface area contributed by atoms with Crippen LogP contribution in [0.2, 0.25) is 0 Å². The first-order chi connectivity index (χ1) is 14.2. The summed E-state index contributed by atoms with van der Waals surface area (Å²) < 4.78 is 10.3. The first kappa shape index (κ1) is 21.0. The number of rotatable bonds is 6. The summed E-state index contributed by atoms with van der Waals surface area (Å²) in [6.45, 7) is 6.88. The number of aromatic nitrogens is 1. The summed E-state index contributed by atoms with van der Waals surface area (Å²) >= 11 is 0. The lowest BCUT2D eigenvalue weighted by atomic mass is 9.87. The standard InChI is InChI=1S/C22H23N3O5/c1-22(2,3)16-9-5-14(6-10-16)13-23-20-18(21(26)29-4)19(30-24-20)15-7-11-17(12-8-15)25(27)28/h5-12H,13H2,1-4H3,(H,23,24). The number of carbonyl (C=O) groups excluding carboxylic acids is 1. The van der Waals surface area contributed by atoms with Gasteiger partial charge in [0, 0.05) is 24.2 Å². The van der Waals surface area contributed by atoms with Crippen LogP contribution in [0.25, 0.3) is 11.3 Å². The number of hydrogen-bond donors (Lipinski definition) is 1. The molecular weight excluding hydrogens is 386 g/mol. The molecule has 0 aliphatic rings. The van der Waals surface area contributed by atoms with Crippen LogP contribution < -0.4 is 5.32 Å². The number of non-ortho nitro benzene ring substituents is 1. The molecule has 1 heterocycles. The van der Waals surface area contributed by atoms with Crippen LogP contribution in [0, 0.1) is 10.1 Å². The van der Waals surface area contributed by atoms with Crippen LogP contribution in [0.5, 0.6) is 0 Å². The molecule has 156 valence electrons. The molecule has 3 aromatic rings. The van der Waals surface area contributed by atoms with E-state index < -0.39 is 10.9 Å². The van der Waals surface area contributed by atoms with E-state index in [1.807, 2.05) is 12.1 Å². The first-order valence-electron chi connectivity index (χ1n) is 9.37. The SMILES string of the molecule is COC(=O)c1c(NCc2ccc(C(C)(C)C)cc2)noc1-c1ccc([N+](=O)[O-])cc1. The highest BCUT2D eigenvalue weighted by atomic mass is 16.6. The molecule has 0 saturated carbocycles. The van der Waals surface area contributed by atoms with Gasteiger partial charge in [0.25, 0.3) is 5.69 Å². The molecule has 3 rings (SSSR count). The fourth-order valence-corrected chi connectivity index (χ4v) is 2.94. The van der Waals surface area contributed by atoms with Gasteiger partial charge in [-0.1, -0.05) is 50.2 Å². The van der Waals surface area contributed by atoms with Crippen LogP contribution >= 0.6 is 0 Å². The maximum absolute atomic E-state index is 12.4. The number of nitro groups is 1. The van der Waals surface area contributed by atoms with Gasteiger partial charge in [-0.2, -0.15) is 0 Å². The van der Waals surface area contributed by atoms with E-state index in [1.165, 1.54) is 36.9 Å². The highest BCUT2D eigenvalue weighted by Gasteiger charge is 2.25. The molecule has 8 nitrogen and oxygen atoms in total. The molecule has 0 amide bonds. The van der Waals surface area contributed by atoms with E-state index in [0.717, 1.165) is 5.56 Å². The summed E-state index contributed by atoms with van der Waals surface area (Å²) in [5.74, 6) is -0.187. The highest BCUT2D eigenvalue weighted by Crippen LogP contribution is 2.31. The minimum atomic E-state index is -0.616. The van der Waals surface area contributed by atoms with E-state index in [4.69, 9.17) is 9.26 Å². The fraction of sp³-hybridized carbons (Fsp3) is 0.273. The first-order valence-corrected chi connectivity index (χ1v) is 9.37. The largest absolute Gasteiger partial charge is 0.465 e. The molecule has 1 N–H and O–H groups in total. The zero-order valence-corrected chi connectivity index (χ0v) is 17.3. The van der Waals surface area contributed by atoms with Crippen LogP contribution in [-0.4, -0.2) is 23.2 Å². The number of nitrogens with zero attached hydrogens (tertiary/aromatic N) is 2. The van der Waals surface area contributed by atoms with E-state index >= 15 is 0 Å². The Labute approximate surface area is 174 Å². The number of anilines is 1. The van der Waals surface area contributed by atoms with Gasteiger partial charge in [0.15, 0.2) is 17.1 Å². The van der Waals surface area contributed by atoms with Gasteiger partial charge in [0.1, 0.15) is 0 Å². The summed E-state index contributed by atoms with van der Waals surface area (Å²) in [4.78, 5) is 22.7. The third-order valence-corrected chi connectivity index (χ3v) is 4.70. The van der Waals surface area contributed by atoms with E-state index in [0.29, 0.717) is 12.1 Å². The molecule has 0 aliphatic heterocycles.